The summed E-state index contributed by atoms with van der Waals surface area (Å²) >= 11 is 0. The number of pyridine rings is 1. The van der Waals surface area contributed by atoms with Crippen LogP contribution in [0.25, 0.3) is 0 Å². The molecule has 20 heavy (non-hydrogen) atoms. The topological polar surface area (TPSA) is 45.4 Å². The van der Waals surface area contributed by atoms with Crippen molar-refractivity contribution in [1.29, 1.82) is 0 Å². The molecule has 2 aliphatic heterocycles. The third-order valence-corrected chi connectivity index (χ3v) is 4.56. The third kappa shape index (κ3) is 3.16. The fourth-order valence-corrected chi connectivity index (χ4v) is 3.33. The van der Waals surface area contributed by atoms with Gasteiger partial charge in [0.15, 0.2) is 0 Å². The molecule has 0 saturated carbocycles. The SMILES string of the molecule is NC(CCN1CCN2CCCC2C1)c1ccc(F)cn1. The van der Waals surface area contributed by atoms with Gasteiger partial charge in [0.2, 0.25) is 0 Å². The van der Waals surface area contributed by atoms with Crippen LogP contribution in [0, 0.1) is 5.82 Å². The number of aromatic nitrogens is 1. The lowest BCUT2D eigenvalue weighted by atomic mass is 10.1. The lowest BCUT2D eigenvalue weighted by Crippen LogP contribution is -2.50. The fourth-order valence-electron chi connectivity index (χ4n) is 3.33. The van der Waals surface area contributed by atoms with Crippen molar-refractivity contribution in [2.24, 2.45) is 5.73 Å². The minimum atomic E-state index is -0.307. The Morgan fingerprint density at radius 2 is 2.25 bits per heavy atom. The van der Waals surface area contributed by atoms with Crippen molar-refractivity contribution in [3.63, 3.8) is 0 Å². The Balaban J connectivity index is 1.48. The van der Waals surface area contributed by atoms with E-state index in [4.69, 9.17) is 5.73 Å². The number of hydrogen-bond donors (Lipinski definition) is 1. The van der Waals surface area contributed by atoms with Gasteiger partial charge >= 0.3 is 0 Å². The largest absolute Gasteiger partial charge is 0.323 e. The van der Waals surface area contributed by atoms with Crippen LogP contribution in [-0.2, 0) is 0 Å². The summed E-state index contributed by atoms with van der Waals surface area (Å²) in [4.78, 5) is 9.19. The highest BCUT2D eigenvalue weighted by Crippen LogP contribution is 2.22. The Kier molecular flexibility index (Phi) is 4.29. The average Bonchev–Trinajstić information content (AvgIpc) is 2.93. The summed E-state index contributed by atoms with van der Waals surface area (Å²) in [6.45, 7) is 5.78. The molecule has 110 valence electrons. The fraction of sp³-hybridized carbons (Fsp3) is 0.667. The first kappa shape index (κ1) is 13.9. The van der Waals surface area contributed by atoms with Crippen molar-refractivity contribution in [3.8, 4) is 0 Å². The zero-order valence-electron chi connectivity index (χ0n) is 11.8. The van der Waals surface area contributed by atoms with Crippen LogP contribution in [0.4, 0.5) is 4.39 Å². The predicted molar refractivity (Wildman–Crippen MR) is 76.8 cm³/mol. The van der Waals surface area contributed by atoms with Gasteiger partial charge in [0.25, 0.3) is 0 Å². The molecule has 2 N–H and O–H groups in total. The van der Waals surface area contributed by atoms with Crippen LogP contribution in [0.2, 0.25) is 0 Å². The highest BCUT2D eigenvalue weighted by atomic mass is 19.1. The summed E-state index contributed by atoms with van der Waals surface area (Å²) in [5.74, 6) is -0.307. The number of nitrogens with zero attached hydrogens (tertiary/aromatic N) is 3. The second-order valence-corrected chi connectivity index (χ2v) is 5.93. The maximum Gasteiger partial charge on any atom is 0.141 e. The molecule has 4 nitrogen and oxygen atoms in total. The average molecular weight is 278 g/mol. The number of piperazine rings is 1. The van der Waals surface area contributed by atoms with Gasteiger partial charge in [-0.15, -0.1) is 0 Å². The predicted octanol–water partition coefficient (Wildman–Crippen LogP) is 1.39. The van der Waals surface area contributed by atoms with Gasteiger partial charge in [-0.05, 0) is 37.9 Å². The number of rotatable bonds is 4. The van der Waals surface area contributed by atoms with Gasteiger partial charge in [-0.2, -0.15) is 0 Å². The van der Waals surface area contributed by atoms with E-state index in [2.05, 4.69) is 14.8 Å². The standard InChI is InChI=1S/C15H23FN4/c16-12-3-4-15(18-10-12)14(17)5-7-19-8-9-20-6-1-2-13(20)11-19/h3-4,10,13-14H,1-2,5-9,11,17H2. The van der Waals surface area contributed by atoms with Crippen LogP contribution >= 0.6 is 0 Å². The zero-order valence-corrected chi connectivity index (χ0v) is 11.8. The molecular weight excluding hydrogens is 255 g/mol. The monoisotopic (exact) mass is 278 g/mol. The van der Waals surface area contributed by atoms with E-state index in [0.717, 1.165) is 31.2 Å². The Morgan fingerprint density at radius 1 is 1.35 bits per heavy atom. The molecule has 1 aromatic rings. The highest BCUT2D eigenvalue weighted by Gasteiger charge is 2.30. The summed E-state index contributed by atoms with van der Waals surface area (Å²) in [6.07, 6.45) is 4.80. The van der Waals surface area contributed by atoms with Gasteiger partial charge in [-0.1, -0.05) is 0 Å². The van der Waals surface area contributed by atoms with E-state index in [1.54, 1.807) is 6.07 Å². The van der Waals surface area contributed by atoms with Gasteiger partial charge in [0.1, 0.15) is 5.82 Å². The first-order chi connectivity index (χ1) is 9.72. The number of nitrogens with two attached hydrogens (primary N) is 1. The minimum Gasteiger partial charge on any atom is -0.323 e. The molecule has 2 atom stereocenters. The lowest BCUT2D eigenvalue weighted by Gasteiger charge is -2.37. The van der Waals surface area contributed by atoms with Gasteiger partial charge in [0, 0.05) is 38.3 Å². The van der Waals surface area contributed by atoms with E-state index in [9.17, 15) is 4.39 Å². The Hall–Kier alpha value is -1.04. The van der Waals surface area contributed by atoms with Gasteiger partial charge in [-0.3, -0.25) is 9.88 Å². The van der Waals surface area contributed by atoms with Crippen molar-refractivity contribution < 1.29 is 4.39 Å². The van der Waals surface area contributed by atoms with E-state index >= 15 is 0 Å². The highest BCUT2D eigenvalue weighted by molar-refractivity contribution is 5.09. The van der Waals surface area contributed by atoms with Crippen LogP contribution in [0.15, 0.2) is 18.3 Å². The maximum atomic E-state index is 12.8. The number of halogens is 1. The number of fused-ring (bicyclic) bond motifs is 1. The van der Waals surface area contributed by atoms with Crippen molar-refractivity contribution in [1.82, 2.24) is 14.8 Å². The molecular formula is C15H23FN4. The molecule has 0 spiro atoms. The zero-order chi connectivity index (χ0) is 13.9. The van der Waals surface area contributed by atoms with Crippen LogP contribution in [0.5, 0.6) is 0 Å². The maximum absolute atomic E-state index is 12.8. The van der Waals surface area contributed by atoms with E-state index in [0.29, 0.717) is 0 Å². The molecule has 2 saturated heterocycles. The first-order valence-electron chi connectivity index (χ1n) is 7.56. The molecule has 2 unspecified atom stereocenters. The molecule has 0 radical (unpaired) electrons. The quantitative estimate of drug-likeness (QED) is 0.904. The minimum absolute atomic E-state index is 0.0998. The molecule has 0 aliphatic carbocycles. The van der Waals surface area contributed by atoms with Crippen molar-refractivity contribution in [2.45, 2.75) is 31.3 Å². The molecule has 2 aliphatic rings. The second-order valence-electron chi connectivity index (χ2n) is 5.93. The molecule has 1 aromatic heterocycles. The molecule has 0 bridgehead atoms. The van der Waals surface area contributed by atoms with Gasteiger partial charge < -0.3 is 10.6 Å². The summed E-state index contributed by atoms with van der Waals surface area (Å²) in [7, 11) is 0. The molecule has 0 amide bonds. The Labute approximate surface area is 119 Å². The van der Waals surface area contributed by atoms with Crippen LogP contribution < -0.4 is 5.73 Å². The summed E-state index contributed by atoms with van der Waals surface area (Å²) < 4.78 is 12.8. The molecule has 0 aromatic carbocycles. The Morgan fingerprint density at radius 3 is 3.05 bits per heavy atom. The van der Waals surface area contributed by atoms with Crippen molar-refractivity contribution in [2.75, 3.05) is 32.7 Å². The second kappa shape index (κ2) is 6.16. The number of hydrogen-bond acceptors (Lipinski definition) is 4. The van der Waals surface area contributed by atoms with Gasteiger partial charge in [0.05, 0.1) is 11.9 Å². The summed E-state index contributed by atoms with van der Waals surface area (Å²) in [5.41, 5.74) is 6.93. The molecule has 2 fully saturated rings. The van der Waals surface area contributed by atoms with E-state index in [-0.39, 0.29) is 11.9 Å². The van der Waals surface area contributed by atoms with Crippen LogP contribution in [0.3, 0.4) is 0 Å². The van der Waals surface area contributed by atoms with E-state index < -0.39 is 0 Å². The third-order valence-electron chi connectivity index (χ3n) is 4.56. The summed E-state index contributed by atoms with van der Waals surface area (Å²) in [6, 6.07) is 3.77. The van der Waals surface area contributed by atoms with Crippen molar-refractivity contribution >= 4 is 0 Å². The molecule has 5 heteroatoms. The van der Waals surface area contributed by atoms with E-state index in [1.165, 1.54) is 44.7 Å². The Bertz CT molecular complexity index is 436. The van der Waals surface area contributed by atoms with Crippen molar-refractivity contribution in [3.05, 3.63) is 29.8 Å². The molecule has 3 heterocycles. The smallest absolute Gasteiger partial charge is 0.141 e. The van der Waals surface area contributed by atoms with Gasteiger partial charge in [-0.25, -0.2) is 4.39 Å². The first-order valence-corrected chi connectivity index (χ1v) is 7.56. The lowest BCUT2D eigenvalue weighted by molar-refractivity contribution is 0.102. The molecule has 3 rings (SSSR count). The van der Waals surface area contributed by atoms with Crippen LogP contribution in [0.1, 0.15) is 31.0 Å². The van der Waals surface area contributed by atoms with Crippen LogP contribution in [-0.4, -0.2) is 53.5 Å². The normalized spacial score (nSPS) is 25.6. The summed E-state index contributed by atoms with van der Waals surface area (Å²) in [5, 5.41) is 0. The van der Waals surface area contributed by atoms with E-state index in [1.807, 2.05) is 0 Å².